The van der Waals surface area contributed by atoms with Gasteiger partial charge in [0.25, 0.3) is 0 Å². The summed E-state index contributed by atoms with van der Waals surface area (Å²) >= 11 is 7.59. The average Bonchev–Trinajstić information content (AvgIpc) is 3.74. The summed E-state index contributed by atoms with van der Waals surface area (Å²) in [6.45, 7) is 9.59. The van der Waals surface area contributed by atoms with E-state index >= 15 is 0 Å². The predicted octanol–water partition coefficient (Wildman–Crippen LogP) is 14.2. The number of benzene rings is 6. The summed E-state index contributed by atoms with van der Waals surface area (Å²) in [5, 5.41) is 3.16. The Morgan fingerprint density at radius 2 is 1.31 bits per heavy atom. The van der Waals surface area contributed by atoms with Gasteiger partial charge in [-0.05, 0) is 148 Å². The van der Waals surface area contributed by atoms with Gasteiger partial charge in [0.2, 0.25) is 0 Å². The number of hydrogen-bond donors (Lipinski definition) is 0. The first-order valence-electron chi connectivity index (χ1n) is 19.1. The number of halogens is 1. The van der Waals surface area contributed by atoms with E-state index in [9.17, 15) is 0 Å². The highest BCUT2D eigenvalue weighted by Gasteiger charge is 2.52. The molecule has 1 nitrogen and oxygen atoms in total. The lowest BCUT2D eigenvalue weighted by Gasteiger charge is -2.49. The zero-order chi connectivity index (χ0) is 35.1. The number of hydrogen-bond acceptors (Lipinski definition) is 1. The van der Waals surface area contributed by atoms with Crippen molar-refractivity contribution >= 4 is 33.5 Å². The molecule has 2 bridgehead atoms. The van der Waals surface area contributed by atoms with Crippen molar-refractivity contribution in [1.82, 2.24) is 0 Å². The van der Waals surface area contributed by atoms with Gasteiger partial charge in [-0.3, -0.25) is 0 Å². The van der Waals surface area contributed by atoms with E-state index in [4.69, 9.17) is 16.0 Å². The first kappa shape index (κ1) is 30.7. The van der Waals surface area contributed by atoms with Gasteiger partial charge in [-0.15, -0.1) is 0 Å². The second kappa shape index (κ2) is 10.6. The van der Waals surface area contributed by atoms with Crippen molar-refractivity contribution in [1.29, 1.82) is 0 Å². The van der Waals surface area contributed by atoms with Gasteiger partial charge in [0, 0.05) is 32.2 Å². The smallest absolute Gasteiger partial charge is 0.135 e. The van der Waals surface area contributed by atoms with Crippen molar-refractivity contribution < 1.29 is 4.42 Å². The Kier molecular flexibility index (Phi) is 6.28. The summed E-state index contributed by atoms with van der Waals surface area (Å²) in [6.07, 6.45) is 6.45. The van der Waals surface area contributed by atoms with E-state index in [0.717, 1.165) is 27.0 Å². The first-order chi connectivity index (χ1) is 25.2. The molecule has 1 aromatic heterocycles. The minimum Gasteiger partial charge on any atom is -0.456 e. The van der Waals surface area contributed by atoms with Crippen molar-refractivity contribution in [3.05, 3.63) is 154 Å². The summed E-state index contributed by atoms with van der Waals surface area (Å²) < 4.78 is 6.19. The van der Waals surface area contributed by atoms with Crippen LogP contribution in [0.4, 0.5) is 0 Å². The second-order valence-corrected chi connectivity index (χ2v) is 17.3. The summed E-state index contributed by atoms with van der Waals surface area (Å²) in [5.74, 6) is 1.90. The standard InChI is InChI=1S/C50H41ClO/c1-28-19-33-21-35(20-28)50(27-29(33)2)42-17-14-30(31-15-18-47-39(22-31)38-10-6-8-12-46(38)52-47)23-40(42)48-44(50)25-34(26-45(48)51)32-13-16-37-36-9-5-7-11-41(36)49(3,4)43(37)24-32/h5-18,22-28,33,35H,19-21H2,1-4H3. The van der Waals surface area contributed by atoms with E-state index in [1.54, 1.807) is 5.57 Å². The third kappa shape index (κ3) is 4.06. The summed E-state index contributed by atoms with van der Waals surface area (Å²) in [6, 6.07) is 42.9. The molecule has 1 heterocycles. The lowest BCUT2D eigenvalue weighted by atomic mass is 9.55. The van der Waals surface area contributed by atoms with Crippen molar-refractivity contribution in [3.8, 4) is 44.5 Å². The highest BCUT2D eigenvalue weighted by atomic mass is 35.5. The van der Waals surface area contributed by atoms with E-state index in [-0.39, 0.29) is 10.8 Å². The van der Waals surface area contributed by atoms with Gasteiger partial charge < -0.3 is 4.42 Å². The minimum absolute atomic E-state index is 0.0570. The van der Waals surface area contributed by atoms with E-state index in [2.05, 4.69) is 143 Å². The Balaban J connectivity index is 1.12. The molecule has 2 heteroatoms. The van der Waals surface area contributed by atoms with Gasteiger partial charge in [-0.25, -0.2) is 0 Å². The van der Waals surface area contributed by atoms with Crippen LogP contribution in [0, 0.1) is 17.8 Å². The van der Waals surface area contributed by atoms with Crippen LogP contribution >= 0.6 is 11.6 Å². The number of furan rings is 1. The normalized spacial score (nSPS) is 23.4. The van der Waals surface area contributed by atoms with Gasteiger partial charge >= 0.3 is 0 Å². The lowest BCUT2D eigenvalue weighted by Crippen LogP contribution is -2.42. The molecule has 0 saturated heterocycles. The van der Waals surface area contributed by atoms with Crippen molar-refractivity contribution in [3.63, 3.8) is 0 Å². The van der Waals surface area contributed by atoms with Gasteiger partial charge in [0.15, 0.2) is 0 Å². The molecule has 1 fully saturated rings. The third-order valence-electron chi connectivity index (χ3n) is 13.6. The Labute approximate surface area is 311 Å². The number of fused-ring (bicyclic) bond motifs is 14. The predicted molar refractivity (Wildman–Crippen MR) is 217 cm³/mol. The molecule has 4 aliphatic carbocycles. The monoisotopic (exact) mass is 692 g/mol. The van der Waals surface area contributed by atoms with E-state index < -0.39 is 0 Å². The fraction of sp³-hybridized carbons (Fsp3) is 0.240. The average molecular weight is 693 g/mol. The molecule has 11 rings (SSSR count). The van der Waals surface area contributed by atoms with E-state index in [1.165, 1.54) is 86.0 Å². The molecule has 0 aliphatic heterocycles. The topological polar surface area (TPSA) is 13.1 Å². The minimum atomic E-state index is -0.199. The van der Waals surface area contributed by atoms with E-state index in [0.29, 0.717) is 17.8 Å². The molecule has 0 amide bonds. The summed E-state index contributed by atoms with van der Waals surface area (Å²) in [4.78, 5) is 0. The molecule has 4 aliphatic rings. The molecule has 6 aromatic carbocycles. The fourth-order valence-electron chi connectivity index (χ4n) is 11.1. The Bertz CT molecular complexity index is 2700. The van der Waals surface area contributed by atoms with Crippen LogP contribution in [-0.2, 0) is 10.8 Å². The van der Waals surface area contributed by atoms with E-state index in [1.807, 2.05) is 6.07 Å². The maximum atomic E-state index is 7.59. The Morgan fingerprint density at radius 3 is 2.21 bits per heavy atom. The van der Waals surface area contributed by atoms with Crippen LogP contribution in [0.1, 0.15) is 69.2 Å². The van der Waals surface area contributed by atoms with Crippen LogP contribution < -0.4 is 0 Å². The van der Waals surface area contributed by atoms with Gasteiger partial charge in [-0.1, -0.05) is 117 Å². The highest BCUT2D eigenvalue weighted by molar-refractivity contribution is 6.34. The van der Waals surface area contributed by atoms with Crippen LogP contribution in [0.15, 0.2) is 131 Å². The number of allylic oxidation sites excluding steroid dienone is 2. The zero-order valence-corrected chi connectivity index (χ0v) is 30.9. The fourth-order valence-corrected chi connectivity index (χ4v) is 11.5. The molecule has 4 unspecified atom stereocenters. The van der Waals surface area contributed by atoms with Gasteiger partial charge in [0.05, 0.1) is 0 Å². The molecule has 1 spiro atoms. The molecule has 0 N–H and O–H groups in total. The van der Waals surface area contributed by atoms with Crippen LogP contribution in [0.5, 0.6) is 0 Å². The first-order valence-corrected chi connectivity index (χ1v) is 19.4. The van der Waals surface area contributed by atoms with Crippen LogP contribution in [0.25, 0.3) is 66.4 Å². The third-order valence-corrected chi connectivity index (χ3v) is 13.9. The Hall–Kier alpha value is -4.85. The lowest BCUT2D eigenvalue weighted by molar-refractivity contribution is 0.168. The molecule has 0 radical (unpaired) electrons. The van der Waals surface area contributed by atoms with Crippen LogP contribution in [0.3, 0.4) is 0 Å². The van der Waals surface area contributed by atoms with Gasteiger partial charge in [0.1, 0.15) is 11.2 Å². The molecule has 254 valence electrons. The molecule has 52 heavy (non-hydrogen) atoms. The number of rotatable bonds is 2. The van der Waals surface area contributed by atoms with Gasteiger partial charge in [-0.2, -0.15) is 0 Å². The molecule has 1 saturated carbocycles. The molecular weight excluding hydrogens is 652 g/mol. The highest BCUT2D eigenvalue weighted by Crippen LogP contribution is 2.63. The van der Waals surface area contributed by atoms with Crippen LogP contribution in [-0.4, -0.2) is 0 Å². The zero-order valence-electron chi connectivity index (χ0n) is 30.2. The summed E-state index contributed by atoms with van der Waals surface area (Å²) in [7, 11) is 0. The summed E-state index contributed by atoms with van der Waals surface area (Å²) in [5.41, 5.74) is 18.8. The quantitative estimate of drug-likeness (QED) is 0.164. The largest absolute Gasteiger partial charge is 0.456 e. The number of para-hydroxylation sites is 1. The van der Waals surface area contributed by atoms with Crippen LogP contribution in [0.2, 0.25) is 5.02 Å². The maximum Gasteiger partial charge on any atom is 0.135 e. The molecule has 4 atom stereocenters. The Morgan fingerprint density at radius 1 is 0.596 bits per heavy atom. The second-order valence-electron chi connectivity index (χ2n) is 16.8. The van der Waals surface area contributed by atoms with Crippen molar-refractivity contribution in [2.45, 2.75) is 57.8 Å². The SMILES string of the molecule is CC1=CC2(c3ccc(-c4ccc5oc6ccccc6c5c4)cc3-c3c(Cl)cc(-c4ccc5c(c4)C(C)(C)c4ccccc4-5)cc32)C2CC(C)CC1C2. The molecular formula is C50H41ClO. The molecule has 7 aromatic rings. The van der Waals surface area contributed by atoms with Crippen molar-refractivity contribution in [2.75, 3.05) is 0 Å². The maximum absolute atomic E-state index is 7.59. The van der Waals surface area contributed by atoms with Crippen molar-refractivity contribution in [2.24, 2.45) is 17.8 Å².